The van der Waals surface area contributed by atoms with Gasteiger partial charge in [-0.05, 0) is 109 Å². The molecule has 0 spiro atoms. The average Bonchev–Trinajstić information content (AvgIpc) is 3.84. The van der Waals surface area contributed by atoms with E-state index in [9.17, 15) is 9.59 Å². The van der Waals surface area contributed by atoms with Gasteiger partial charge in [0.15, 0.2) is 5.75 Å². The van der Waals surface area contributed by atoms with Crippen LogP contribution in [0, 0.1) is 6.92 Å². The molecule has 2 unspecified atom stereocenters. The number of hydrogen-bond acceptors (Lipinski definition) is 9. The summed E-state index contributed by atoms with van der Waals surface area (Å²) >= 11 is 14.1. The number of benzene rings is 2. The highest BCUT2D eigenvalue weighted by Gasteiger charge is 2.51. The van der Waals surface area contributed by atoms with E-state index in [0.29, 0.717) is 53.8 Å². The number of aryl methyl sites for hydroxylation is 1. The summed E-state index contributed by atoms with van der Waals surface area (Å²) < 4.78 is 23.3. The Morgan fingerprint density at radius 1 is 0.946 bits per heavy atom. The fraction of sp³-hybridized carbons (Fsp3) is 0.524. The van der Waals surface area contributed by atoms with Crippen LogP contribution in [0.1, 0.15) is 88.2 Å². The first kappa shape index (κ1) is 41.6. The van der Waals surface area contributed by atoms with Crippen molar-refractivity contribution in [1.29, 1.82) is 0 Å². The normalized spacial score (nSPS) is 18.5. The molecule has 56 heavy (non-hydrogen) atoms. The highest BCUT2D eigenvalue weighted by atomic mass is 35.5. The van der Waals surface area contributed by atoms with Crippen LogP contribution in [0.4, 0.5) is 9.59 Å². The number of amides is 3. The Labute approximate surface area is 343 Å². The number of nitrogens with zero attached hydrogens (tertiary/aromatic N) is 4. The summed E-state index contributed by atoms with van der Waals surface area (Å²) in [6.45, 7) is 14.0. The minimum Gasteiger partial charge on any atom is -0.496 e. The average molecular weight is 828 g/mol. The smallest absolute Gasteiger partial charge is 0.411 e. The van der Waals surface area contributed by atoms with E-state index in [1.54, 1.807) is 35.1 Å². The Morgan fingerprint density at radius 3 is 2.25 bits per heavy atom. The van der Waals surface area contributed by atoms with Crippen molar-refractivity contribution in [2.45, 2.75) is 116 Å². The molecule has 2 bridgehead atoms. The number of halogens is 2. The number of carbonyl (C=O) groups is 3. The summed E-state index contributed by atoms with van der Waals surface area (Å²) in [5.74, 6) is 1.03. The van der Waals surface area contributed by atoms with Crippen molar-refractivity contribution in [2.24, 2.45) is 0 Å². The minimum atomic E-state index is -0.792. The maximum atomic E-state index is 15.4. The zero-order valence-electron chi connectivity index (χ0n) is 33.4. The van der Waals surface area contributed by atoms with Gasteiger partial charge in [0, 0.05) is 43.9 Å². The topological polar surface area (TPSA) is 111 Å². The second-order valence-electron chi connectivity index (χ2n) is 16.6. The van der Waals surface area contributed by atoms with Crippen LogP contribution in [0.15, 0.2) is 48.2 Å². The van der Waals surface area contributed by atoms with Crippen molar-refractivity contribution in [1.82, 2.24) is 19.7 Å². The Hall–Kier alpha value is -4.00. The number of piperazine rings is 1. The van der Waals surface area contributed by atoms with Crippen molar-refractivity contribution in [3.63, 3.8) is 0 Å². The van der Waals surface area contributed by atoms with Crippen LogP contribution in [0.2, 0.25) is 10.0 Å². The van der Waals surface area contributed by atoms with Crippen molar-refractivity contribution in [2.75, 3.05) is 26.8 Å². The number of hydrogen-bond donors (Lipinski definition) is 0. The van der Waals surface area contributed by atoms with Gasteiger partial charge in [-0.1, -0.05) is 41.4 Å². The Bertz CT molecular complexity index is 1960. The molecular weight excluding hydrogens is 775 g/mol. The molecule has 11 nitrogen and oxygen atoms in total. The van der Waals surface area contributed by atoms with Gasteiger partial charge in [0.2, 0.25) is 0 Å². The van der Waals surface area contributed by atoms with Crippen LogP contribution < -0.4 is 9.47 Å². The summed E-state index contributed by atoms with van der Waals surface area (Å²) in [6.07, 6.45) is 4.18. The molecule has 6 rings (SSSR count). The predicted molar refractivity (Wildman–Crippen MR) is 219 cm³/mol. The predicted octanol–water partition coefficient (Wildman–Crippen LogP) is 9.35. The molecule has 2 fully saturated rings. The molecule has 0 N–H and O–H groups in total. The van der Waals surface area contributed by atoms with Gasteiger partial charge in [0.05, 0.1) is 45.7 Å². The van der Waals surface area contributed by atoms with Gasteiger partial charge in [0.25, 0.3) is 5.91 Å². The minimum absolute atomic E-state index is 0.0312. The number of fused-ring (bicyclic) bond motifs is 2. The lowest BCUT2D eigenvalue weighted by molar-refractivity contribution is -0.129. The highest BCUT2D eigenvalue weighted by Crippen LogP contribution is 2.43. The molecule has 3 heterocycles. The highest BCUT2D eigenvalue weighted by molar-refractivity contribution is 7.12. The lowest BCUT2D eigenvalue weighted by Gasteiger charge is -2.51. The second-order valence-corrected chi connectivity index (χ2v) is 18.5. The van der Waals surface area contributed by atoms with Crippen LogP contribution in [0.5, 0.6) is 11.5 Å². The molecular formula is C42H52Cl2N4O7S. The summed E-state index contributed by atoms with van der Waals surface area (Å²) in [5.41, 5.74) is 1.74. The quantitative estimate of drug-likeness (QED) is 0.176. The summed E-state index contributed by atoms with van der Waals surface area (Å²) in [7, 11) is 1.64. The van der Waals surface area contributed by atoms with E-state index < -0.39 is 35.5 Å². The van der Waals surface area contributed by atoms with E-state index in [4.69, 9.17) is 47.1 Å². The first-order valence-electron chi connectivity index (χ1n) is 19.1. The molecule has 2 atom stereocenters. The number of carbonyl (C=O) groups excluding carboxylic acids is 3. The Kier molecular flexibility index (Phi) is 12.5. The third-order valence-corrected chi connectivity index (χ3v) is 11.6. The maximum absolute atomic E-state index is 15.4. The first-order valence-corrected chi connectivity index (χ1v) is 20.7. The number of thiazole rings is 1. The molecule has 3 aromatic rings. The van der Waals surface area contributed by atoms with Crippen LogP contribution in [0.3, 0.4) is 0 Å². The molecule has 302 valence electrons. The standard InChI is InChI=1S/C42H52Cl2N4O7S/c1-25-26(12-9-15-33(25)52-8)22-47(27-17-18-27)38(49)36-29(34-21-45-35(56-34)16-11-19-53-37-30(43)13-10-14-31(37)44)20-28-23-46(39(50)54-41(2,3)4)24-32(36)48(28)40(51)55-42(5,6)7/h9-10,12-15,21,27-28,32H,11,16-20,22-24H2,1-8H3. The van der Waals surface area contributed by atoms with Crippen molar-refractivity contribution in [3.05, 3.63) is 79.2 Å². The number of aromatic nitrogens is 1. The van der Waals surface area contributed by atoms with Crippen molar-refractivity contribution < 1.29 is 33.3 Å². The van der Waals surface area contributed by atoms with E-state index in [-0.39, 0.29) is 25.0 Å². The third kappa shape index (κ3) is 9.74. The van der Waals surface area contributed by atoms with E-state index in [1.807, 2.05) is 77.8 Å². The van der Waals surface area contributed by atoms with Crippen LogP contribution >= 0.6 is 34.5 Å². The summed E-state index contributed by atoms with van der Waals surface area (Å²) in [5, 5.41) is 1.79. The first-order chi connectivity index (χ1) is 26.4. The monoisotopic (exact) mass is 826 g/mol. The number of methoxy groups -OCH3 is 1. The van der Waals surface area contributed by atoms with Crippen molar-refractivity contribution in [3.8, 4) is 11.5 Å². The molecule has 2 aliphatic heterocycles. The van der Waals surface area contributed by atoms with Crippen LogP contribution in [0.25, 0.3) is 5.57 Å². The number of ether oxygens (including phenoxy) is 4. The van der Waals surface area contributed by atoms with Gasteiger partial charge in [-0.25, -0.2) is 14.6 Å². The van der Waals surface area contributed by atoms with Crippen LogP contribution in [-0.4, -0.2) is 93.9 Å². The maximum Gasteiger partial charge on any atom is 0.411 e. The van der Waals surface area contributed by atoms with Gasteiger partial charge >= 0.3 is 12.2 Å². The summed E-state index contributed by atoms with van der Waals surface area (Å²) in [4.78, 5) is 54.0. The SMILES string of the molecule is COc1cccc(CN(C(=O)C2=C(c3cnc(CCCOc4c(Cl)cccc4Cl)s3)CC3CN(C(=O)OC(C)(C)C)CC2N3C(=O)OC(C)(C)C)C2CC2)c1C. The Morgan fingerprint density at radius 2 is 1.61 bits per heavy atom. The van der Waals surface area contributed by atoms with Gasteiger partial charge in [0.1, 0.15) is 17.0 Å². The fourth-order valence-electron chi connectivity index (χ4n) is 7.21. The summed E-state index contributed by atoms with van der Waals surface area (Å²) in [6, 6.07) is 9.87. The molecule has 1 aliphatic carbocycles. The molecule has 14 heteroatoms. The van der Waals surface area contributed by atoms with E-state index >= 15 is 4.79 Å². The molecule has 1 saturated heterocycles. The van der Waals surface area contributed by atoms with Crippen molar-refractivity contribution >= 4 is 58.2 Å². The van der Waals surface area contributed by atoms with Crippen LogP contribution in [-0.2, 0) is 27.2 Å². The van der Waals surface area contributed by atoms with E-state index in [0.717, 1.165) is 45.2 Å². The molecule has 3 aliphatic rings. The molecule has 1 saturated carbocycles. The number of rotatable bonds is 11. The van der Waals surface area contributed by atoms with E-state index in [2.05, 4.69) is 0 Å². The van der Waals surface area contributed by atoms with Gasteiger partial charge in [-0.3, -0.25) is 9.69 Å². The molecule has 2 aromatic carbocycles. The van der Waals surface area contributed by atoms with Gasteiger partial charge in [-0.15, -0.1) is 11.3 Å². The lowest BCUT2D eigenvalue weighted by atomic mass is 9.83. The largest absolute Gasteiger partial charge is 0.496 e. The molecule has 0 radical (unpaired) electrons. The Balaban J connectivity index is 1.38. The van der Waals surface area contributed by atoms with Gasteiger partial charge in [-0.2, -0.15) is 0 Å². The zero-order chi connectivity index (χ0) is 40.5. The fourth-order valence-corrected chi connectivity index (χ4v) is 8.74. The third-order valence-electron chi connectivity index (χ3n) is 9.89. The van der Waals surface area contributed by atoms with Gasteiger partial charge < -0.3 is 28.7 Å². The number of para-hydroxylation sites is 1. The van der Waals surface area contributed by atoms with E-state index in [1.165, 1.54) is 11.3 Å². The second kappa shape index (κ2) is 16.8. The lowest BCUT2D eigenvalue weighted by Crippen LogP contribution is -2.66. The molecule has 1 aromatic heterocycles. The zero-order valence-corrected chi connectivity index (χ0v) is 35.8. The molecule has 3 amide bonds.